The maximum atomic E-state index is 6.43. The van der Waals surface area contributed by atoms with Gasteiger partial charge in [-0.25, -0.2) is 4.98 Å². The van der Waals surface area contributed by atoms with E-state index in [2.05, 4.69) is 50.5 Å². The van der Waals surface area contributed by atoms with Crippen molar-refractivity contribution in [2.45, 2.75) is 19.4 Å². The first-order chi connectivity index (χ1) is 17.2. The van der Waals surface area contributed by atoms with Gasteiger partial charge in [0.1, 0.15) is 6.61 Å². The van der Waals surface area contributed by atoms with E-state index >= 15 is 0 Å². The summed E-state index contributed by atoms with van der Waals surface area (Å²) >= 11 is 0. The van der Waals surface area contributed by atoms with Crippen molar-refractivity contribution >= 4 is 21.8 Å². The van der Waals surface area contributed by atoms with Gasteiger partial charge in [0.15, 0.2) is 0 Å². The van der Waals surface area contributed by atoms with Crippen LogP contribution < -0.4 is 10.5 Å². The van der Waals surface area contributed by atoms with Gasteiger partial charge in [-0.3, -0.25) is 5.10 Å². The molecule has 1 atom stereocenters. The summed E-state index contributed by atoms with van der Waals surface area (Å²) in [7, 11) is 0. The first kappa shape index (κ1) is 21.2. The fraction of sp³-hybridized carbons (Fsp3) is 0.143. The number of aromatic nitrogens is 5. The monoisotopic (exact) mass is 462 g/mol. The average Bonchev–Trinajstić information content (AvgIpc) is 3.64. The summed E-state index contributed by atoms with van der Waals surface area (Å²) in [5.74, 6) is 0.555. The average molecular weight is 463 g/mol. The van der Waals surface area contributed by atoms with Crippen molar-refractivity contribution in [2.24, 2.45) is 5.73 Å². The predicted molar refractivity (Wildman–Crippen MR) is 139 cm³/mol. The molecule has 4 heterocycles. The van der Waals surface area contributed by atoms with Crippen LogP contribution in [0.25, 0.3) is 44.2 Å². The molecule has 7 heteroatoms. The fourth-order valence-electron chi connectivity index (χ4n) is 4.59. The zero-order chi connectivity index (χ0) is 23.8. The van der Waals surface area contributed by atoms with E-state index < -0.39 is 0 Å². The normalized spacial score (nSPS) is 12.4. The number of aryl methyl sites for hydroxylation is 1. The number of pyridine rings is 1. The van der Waals surface area contributed by atoms with E-state index in [0.717, 1.165) is 50.9 Å². The largest absolute Gasteiger partial charge is 0.476 e. The lowest BCUT2D eigenvalue weighted by Crippen LogP contribution is -2.30. The van der Waals surface area contributed by atoms with E-state index in [1.807, 2.05) is 55.8 Å². The van der Waals surface area contributed by atoms with Crippen LogP contribution in [0.3, 0.4) is 0 Å². The minimum Gasteiger partial charge on any atom is -0.476 e. The highest BCUT2D eigenvalue weighted by Gasteiger charge is 2.15. The molecule has 0 saturated carbocycles. The van der Waals surface area contributed by atoms with Crippen molar-refractivity contribution in [1.29, 1.82) is 0 Å². The van der Waals surface area contributed by atoms with Crippen molar-refractivity contribution < 1.29 is 4.74 Å². The van der Waals surface area contributed by atoms with E-state index in [1.54, 1.807) is 0 Å². The van der Waals surface area contributed by atoms with Crippen LogP contribution >= 0.6 is 0 Å². The van der Waals surface area contributed by atoms with Crippen molar-refractivity contribution in [1.82, 2.24) is 25.1 Å². The summed E-state index contributed by atoms with van der Waals surface area (Å²) in [6.07, 6.45) is 6.59. The molecule has 0 unspecified atom stereocenters. The fourth-order valence-corrected chi connectivity index (χ4v) is 4.59. The Morgan fingerprint density at radius 2 is 1.89 bits per heavy atom. The van der Waals surface area contributed by atoms with Crippen molar-refractivity contribution in [3.05, 3.63) is 90.5 Å². The Hall–Kier alpha value is -4.36. The lowest BCUT2D eigenvalue weighted by Gasteiger charge is -2.15. The number of aromatic amines is 3. The highest BCUT2D eigenvalue weighted by molar-refractivity contribution is 5.90. The summed E-state index contributed by atoms with van der Waals surface area (Å²) in [4.78, 5) is 11.3. The van der Waals surface area contributed by atoms with E-state index in [1.165, 1.54) is 10.9 Å². The molecule has 2 aromatic carbocycles. The highest BCUT2D eigenvalue weighted by Crippen LogP contribution is 2.34. The third-order valence-corrected chi connectivity index (χ3v) is 6.40. The molecule has 0 radical (unpaired) electrons. The molecule has 0 saturated heterocycles. The molecular formula is C28H26N6O. The SMILES string of the molecule is Cc1[nH]nc2ccc(-c3ccc(OC[C@@H](N)Cc4c[nH]c5ccccc45)nc3-c3cc[nH]c3)cc12. The van der Waals surface area contributed by atoms with E-state index in [4.69, 9.17) is 15.5 Å². The molecule has 0 bridgehead atoms. The molecule has 0 aliphatic carbocycles. The number of hydrogen-bond donors (Lipinski definition) is 4. The van der Waals surface area contributed by atoms with Crippen LogP contribution in [0.1, 0.15) is 11.3 Å². The third kappa shape index (κ3) is 4.06. The van der Waals surface area contributed by atoms with Crippen LogP contribution in [0.2, 0.25) is 0 Å². The molecule has 0 spiro atoms. The number of ether oxygens (including phenoxy) is 1. The summed E-state index contributed by atoms with van der Waals surface area (Å²) in [5, 5.41) is 9.70. The van der Waals surface area contributed by atoms with E-state index in [9.17, 15) is 0 Å². The lowest BCUT2D eigenvalue weighted by atomic mass is 9.99. The smallest absolute Gasteiger partial charge is 0.213 e. The molecule has 4 aromatic heterocycles. The second-order valence-electron chi connectivity index (χ2n) is 8.86. The molecule has 7 nitrogen and oxygen atoms in total. The van der Waals surface area contributed by atoms with Crippen molar-refractivity contribution in [2.75, 3.05) is 6.61 Å². The van der Waals surface area contributed by atoms with Gasteiger partial charge in [-0.2, -0.15) is 5.10 Å². The summed E-state index contributed by atoms with van der Waals surface area (Å²) < 4.78 is 6.06. The van der Waals surface area contributed by atoms with Gasteiger partial charge in [-0.1, -0.05) is 24.3 Å². The number of fused-ring (bicyclic) bond motifs is 2. The second kappa shape index (κ2) is 8.77. The quantitative estimate of drug-likeness (QED) is 0.256. The van der Waals surface area contributed by atoms with Gasteiger partial charge in [0.25, 0.3) is 0 Å². The Bertz CT molecular complexity index is 1610. The maximum absolute atomic E-state index is 6.43. The van der Waals surface area contributed by atoms with Gasteiger partial charge in [-0.05, 0) is 54.8 Å². The Labute approximate surface area is 202 Å². The van der Waals surface area contributed by atoms with Gasteiger partial charge in [0.05, 0.1) is 11.2 Å². The molecule has 0 aliphatic heterocycles. The number of H-pyrrole nitrogens is 3. The minimum atomic E-state index is -0.155. The van der Waals surface area contributed by atoms with E-state index in [-0.39, 0.29) is 6.04 Å². The number of para-hydroxylation sites is 1. The van der Waals surface area contributed by atoms with Crippen LogP contribution in [-0.4, -0.2) is 37.8 Å². The maximum Gasteiger partial charge on any atom is 0.213 e. The molecule has 0 aliphatic rings. The molecule has 0 fully saturated rings. The first-order valence-corrected chi connectivity index (χ1v) is 11.7. The van der Waals surface area contributed by atoms with Gasteiger partial charge >= 0.3 is 0 Å². The van der Waals surface area contributed by atoms with Gasteiger partial charge in [0, 0.05) is 63.8 Å². The second-order valence-corrected chi connectivity index (χ2v) is 8.86. The standard InChI is InChI=1S/C28H26N6O/c1-17-24-13-18(6-8-26(24)34-33-17)23-7-9-27(32-28(23)19-10-11-30-14-19)35-16-21(29)12-20-15-31-25-5-3-2-4-22(20)25/h2-11,13-15,21,30-31H,12,16,29H2,1H3,(H,33,34)/t21-/m0/s1. The number of nitrogens with one attached hydrogen (secondary N) is 3. The van der Waals surface area contributed by atoms with Crippen molar-refractivity contribution in [3.8, 4) is 28.3 Å². The predicted octanol–water partition coefficient (Wildman–Crippen LogP) is 5.36. The number of hydrogen-bond acceptors (Lipinski definition) is 4. The van der Waals surface area contributed by atoms with Crippen LogP contribution in [0.15, 0.2) is 79.3 Å². The molecule has 35 heavy (non-hydrogen) atoms. The van der Waals surface area contributed by atoms with Gasteiger partial charge in [-0.15, -0.1) is 0 Å². The van der Waals surface area contributed by atoms with Crippen LogP contribution in [0, 0.1) is 6.92 Å². The Balaban J connectivity index is 1.25. The summed E-state index contributed by atoms with van der Waals surface area (Å²) in [6, 6.07) is 20.3. The minimum absolute atomic E-state index is 0.155. The van der Waals surface area contributed by atoms with Gasteiger partial charge < -0.3 is 20.4 Å². The number of rotatable bonds is 7. The zero-order valence-electron chi connectivity index (χ0n) is 19.4. The summed E-state index contributed by atoms with van der Waals surface area (Å²) in [5.41, 5.74) is 14.7. The molecule has 6 rings (SSSR count). The Kier molecular flexibility index (Phi) is 5.31. The molecule has 174 valence electrons. The topological polar surface area (TPSA) is 108 Å². The molecule has 6 aromatic rings. The number of nitrogens with zero attached hydrogens (tertiary/aromatic N) is 2. The summed E-state index contributed by atoms with van der Waals surface area (Å²) in [6.45, 7) is 2.40. The van der Waals surface area contributed by atoms with Crippen molar-refractivity contribution in [3.63, 3.8) is 0 Å². The molecular weight excluding hydrogens is 436 g/mol. The molecule has 5 N–H and O–H groups in total. The van der Waals surface area contributed by atoms with E-state index in [0.29, 0.717) is 12.5 Å². The first-order valence-electron chi connectivity index (χ1n) is 11.7. The van der Waals surface area contributed by atoms with Gasteiger partial charge in [0.2, 0.25) is 5.88 Å². The third-order valence-electron chi connectivity index (χ3n) is 6.40. The zero-order valence-corrected chi connectivity index (χ0v) is 19.4. The Morgan fingerprint density at radius 1 is 0.971 bits per heavy atom. The van der Waals surface area contributed by atoms with Crippen LogP contribution in [0.4, 0.5) is 0 Å². The Morgan fingerprint density at radius 3 is 2.77 bits per heavy atom. The number of nitrogens with two attached hydrogens (primary N) is 1. The molecule has 0 amide bonds. The number of benzene rings is 2. The lowest BCUT2D eigenvalue weighted by molar-refractivity contribution is 0.278. The highest BCUT2D eigenvalue weighted by atomic mass is 16.5. The van der Waals surface area contributed by atoms with Crippen LogP contribution in [0.5, 0.6) is 5.88 Å². The van der Waals surface area contributed by atoms with Crippen LogP contribution in [-0.2, 0) is 6.42 Å².